The molecule has 0 amide bonds. The van der Waals surface area contributed by atoms with Crippen molar-refractivity contribution >= 4 is 11.4 Å². The van der Waals surface area contributed by atoms with E-state index in [2.05, 4.69) is 44.2 Å². The topological polar surface area (TPSA) is 60.4 Å². The third kappa shape index (κ3) is 14.9. The number of rotatable bonds is 2. The fourth-order valence-electron chi connectivity index (χ4n) is 1.09. The molecule has 0 heterocycles. The Bertz CT molecular complexity index is 261. The van der Waals surface area contributed by atoms with Gasteiger partial charge in [0, 0.05) is 0 Å². The van der Waals surface area contributed by atoms with Gasteiger partial charge in [0.15, 0.2) is 0 Å². The molecule has 0 bridgehead atoms. The van der Waals surface area contributed by atoms with Crippen LogP contribution in [-0.4, -0.2) is 13.3 Å². The zero-order chi connectivity index (χ0) is 11.0. The summed E-state index contributed by atoms with van der Waals surface area (Å²) in [5.74, 6) is 0.766. The summed E-state index contributed by atoms with van der Waals surface area (Å²) in [5, 5.41) is 0. The van der Waals surface area contributed by atoms with Gasteiger partial charge in [-0.25, -0.2) is 4.21 Å². The smallest absolute Gasteiger partial charge is 0.750 e. The standard InChI is InChI=1S/C10H14.K.H2O3S/c1-9(2)8-10-6-4-3-5-7-10;;1-4(2)3/h3-7,9H,8H2,1-2H3;;(H2,1,2,3)/q;+1;/p-1. The van der Waals surface area contributed by atoms with Crippen LogP contribution in [0.2, 0.25) is 0 Å². The van der Waals surface area contributed by atoms with Gasteiger partial charge in [-0.3, -0.25) is 0 Å². The Morgan fingerprint density at radius 1 is 1.33 bits per heavy atom. The second kappa shape index (κ2) is 11.4. The Hall–Kier alpha value is 0.926. The third-order valence-corrected chi connectivity index (χ3v) is 1.49. The minimum atomic E-state index is -2.86. The van der Waals surface area contributed by atoms with E-state index in [0.717, 1.165) is 5.92 Å². The molecule has 0 fully saturated rings. The predicted octanol–water partition coefficient (Wildman–Crippen LogP) is -0.772. The van der Waals surface area contributed by atoms with Crippen molar-refractivity contribution in [1.29, 1.82) is 0 Å². The molecule has 1 unspecified atom stereocenters. The van der Waals surface area contributed by atoms with Crippen LogP contribution in [0.3, 0.4) is 0 Å². The Morgan fingerprint density at radius 2 is 1.73 bits per heavy atom. The van der Waals surface area contributed by atoms with E-state index in [1.807, 2.05) is 0 Å². The van der Waals surface area contributed by atoms with Crippen LogP contribution in [0, 0.1) is 5.92 Å². The molecule has 3 nitrogen and oxygen atoms in total. The fourth-order valence-corrected chi connectivity index (χ4v) is 1.09. The van der Waals surface area contributed by atoms with Crippen molar-refractivity contribution in [3.05, 3.63) is 35.9 Å². The molecule has 1 aromatic rings. The molecule has 0 saturated carbocycles. The van der Waals surface area contributed by atoms with Crippen LogP contribution in [0.15, 0.2) is 30.3 Å². The van der Waals surface area contributed by atoms with Crippen molar-refractivity contribution in [2.75, 3.05) is 0 Å². The predicted molar refractivity (Wildman–Crippen MR) is 56.5 cm³/mol. The third-order valence-electron chi connectivity index (χ3n) is 1.49. The molecular formula is C10H15KO3S. The molecular weight excluding hydrogens is 239 g/mol. The Morgan fingerprint density at radius 3 is 2.07 bits per heavy atom. The minimum Gasteiger partial charge on any atom is -0.750 e. The second-order valence-electron chi connectivity index (χ2n) is 3.30. The van der Waals surface area contributed by atoms with Gasteiger partial charge in [0.2, 0.25) is 0 Å². The summed E-state index contributed by atoms with van der Waals surface area (Å²) in [6.07, 6.45) is 1.20. The molecule has 0 radical (unpaired) electrons. The summed E-state index contributed by atoms with van der Waals surface area (Å²) >= 11 is -2.86. The number of hydrogen-bond acceptors (Lipinski definition) is 2. The van der Waals surface area contributed by atoms with E-state index in [-0.39, 0.29) is 51.4 Å². The number of hydrogen-bond donors (Lipinski definition) is 1. The summed E-state index contributed by atoms with van der Waals surface area (Å²) < 4.78 is 24.1. The van der Waals surface area contributed by atoms with Crippen LogP contribution in [-0.2, 0) is 17.8 Å². The summed E-state index contributed by atoms with van der Waals surface area (Å²) in [6.45, 7) is 4.49. The molecule has 0 aromatic heterocycles. The molecule has 1 aromatic carbocycles. The Balaban J connectivity index is 0. The van der Waals surface area contributed by atoms with Crippen LogP contribution in [0.5, 0.6) is 0 Å². The quantitative estimate of drug-likeness (QED) is 0.557. The first kappa shape index (κ1) is 18.3. The van der Waals surface area contributed by atoms with Crippen molar-refractivity contribution in [2.24, 2.45) is 5.92 Å². The van der Waals surface area contributed by atoms with Gasteiger partial charge in [-0.05, 0) is 17.9 Å². The number of benzene rings is 1. The maximum absolute atomic E-state index is 8.56. The van der Waals surface area contributed by atoms with Gasteiger partial charge in [0.1, 0.15) is 0 Å². The van der Waals surface area contributed by atoms with E-state index in [1.54, 1.807) is 0 Å². The van der Waals surface area contributed by atoms with Crippen molar-refractivity contribution in [3.63, 3.8) is 0 Å². The minimum absolute atomic E-state index is 0. The normalized spacial score (nSPS) is 11.0. The van der Waals surface area contributed by atoms with Gasteiger partial charge in [0.05, 0.1) is 11.4 Å². The van der Waals surface area contributed by atoms with Gasteiger partial charge >= 0.3 is 51.4 Å². The van der Waals surface area contributed by atoms with Crippen LogP contribution in [0.1, 0.15) is 19.4 Å². The molecule has 1 rings (SSSR count). The van der Waals surface area contributed by atoms with Gasteiger partial charge < -0.3 is 9.11 Å². The van der Waals surface area contributed by atoms with Gasteiger partial charge in [0.25, 0.3) is 0 Å². The Kier molecular flexibility index (Phi) is 13.9. The molecule has 0 aliphatic heterocycles. The van der Waals surface area contributed by atoms with Crippen molar-refractivity contribution < 1.29 is 64.7 Å². The van der Waals surface area contributed by atoms with E-state index >= 15 is 0 Å². The average Bonchev–Trinajstić information content (AvgIpc) is 2.03. The van der Waals surface area contributed by atoms with Gasteiger partial charge in [-0.2, -0.15) is 0 Å². The molecule has 0 saturated heterocycles. The largest absolute Gasteiger partial charge is 1.00 e. The average molecular weight is 254 g/mol. The SMILES string of the molecule is CC(C)Cc1ccccc1.O=S([O-])O.[K+]. The van der Waals surface area contributed by atoms with Crippen LogP contribution in [0.25, 0.3) is 0 Å². The molecule has 1 atom stereocenters. The first-order chi connectivity index (χ1) is 6.52. The fraction of sp³-hybridized carbons (Fsp3) is 0.400. The molecule has 15 heavy (non-hydrogen) atoms. The zero-order valence-corrected chi connectivity index (χ0v) is 13.3. The van der Waals surface area contributed by atoms with Crippen LogP contribution in [0.4, 0.5) is 0 Å². The molecule has 0 aliphatic carbocycles. The molecule has 1 N–H and O–H groups in total. The summed E-state index contributed by atoms with van der Waals surface area (Å²) in [5.41, 5.74) is 1.44. The molecule has 0 spiro atoms. The van der Waals surface area contributed by atoms with Crippen molar-refractivity contribution in [3.8, 4) is 0 Å². The summed E-state index contributed by atoms with van der Waals surface area (Å²) in [7, 11) is 0. The molecule has 80 valence electrons. The second-order valence-corrected chi connectivity index (χ2v) is 3.73. The summed E-state index contributed by atoms with van der Waals surface area (Å²) in [4.78, 5) is 0. The molecule has 5 heteroatoms. The van der Waals surface area contributed by atoms with Gasteiger partial charge in [-0.1, -0.05) is 44.2 Å². The van der Waals surface area contributed by atoms with Crippen molar-refractivity contribution in [1.82, 2.24) is 0 Å². The zero-order valence-electron chi connectivity index (χ0n) is 9.34. The van der Waals surface area contributed by atoms with E-state index in [0.29, 0.717) is 0 Å². The first-order valence-corrected chi connectivity index (χ1v) is 5.37. The van der Waals surface area contributed by atoms with Crippen molar-refractivity contribution in [2.45, 2.75) is 20.3 Å². The van der Waals surface area contributed by atoms with Gasteiger partial charge in [-0.15, -0.1) is 0 Å². The maximum atomic E-state index is 8.56. The Labute approximate surface area is 136 Å². The summed E-state index contributed by atoms with van der Waals surface area (Å²) in [6, 6.07) is 10.6. The molecule has 0 aliphatic rings. The van der Waals surface area contributed by atoms with E-state index < -0.39 is 11.4 Å². The van der Waals surface area contributed by atoms with Crippen LogP contribution >= 0.6 is 0 Å². The van der Waals surface area contributed by atoms with E-state index in [1.165, 1.54) is 12.0 Å². The monoisotopic (exact) mass is 254 g/mol. The maximum Gasteiger partial charge on any atom is 1.00 e. The van der Waals surface area contributed by atoms with Crippen LogP contribution < -0.4 is 51.4 Å². The van der Waals surface area contributed by atoms with E-state index in [9.17, 15) is 0 Å². The first-order valence-electron chi connectivity index (χ1n) is 4.34. The van der Waals surface area contributed by atoms with E-state index in [4.69, 9.17) is 13.3 Å².